The number of likely N-dealkylation sites (tertiary alicyclic amines) is 1. The lowest BCUT2D eigenvalue weighted by atomic mass is 9.86. The van der Waals surface area contributed by atoms with Gasteiger partial charge in [0.1, 0.15) is 5.41 Å². The molecule has 2 aromatic rings. The van der Waals surface area contributed by atoms with Crippen LogP contribution in [0.4, 0.5) is 0 Å². The molecular weight excluding hydrogens is 360 g/mol. The van der Waals surface area contributed by atoms with Gasteiger partial charge in [-0.3, -0.25) is 9.59 Å². The van der Waals surface area contributed by atoms with Crippen LogP contribution in [0, 0.1) is 11.3 Å². The second-order valence-corrected chi connectivity index (χ2v) is 8.70. The molecule has 0 aliphatic carbocycles. The molecule has 29 heavy (non-hydrogen) atoms. The molecule has 0 radical (unpaired) electrons. The number of carbonyl (C=O) groups is 2. The van der Waals surface area contributed by atoms with Gasteiger partial charge in [-0.1, -0.05) is 60.7 Å². The van der Waals surface area contributed by atoms with E-state index < -0.39 is 5.41 Å². The molecule has 0 spiro atoms. The molecule has 0 N–H and O–H groups in total. The van der Waals surface area contributed by atoms with E-state index in [0.29, 0.717) is 12.5 Å². The van der Waals surface area contributed by atoms with Crippen molar-refractivity contribution in [2.75, 3.05) is 20.1 Å². The highest BCUT2D eigenvalue weighted by atomic mass is 16.2. The van der Waals surface area contributed by atoms with Crippen molar-refractivity contribution in [1.29, 1.82) is 0 Å². The molecule has 4 heteroatoms. The first kappa shape index (κ1) is 21.1. The Bertz CT molecular complexity index is 809. The fourth-order valence-corrected chi connectivity index (χ4v) is 4.18. The van der Waals surface area contributed by atoms with Crippen LogP contribution in [0.3, 0.4) is 0 Å². The van der Waals surface area contributed by atoms with Gasteiger partial charge in [0.2, 0.25) is 11.8 Å². The molecule has 2 aromatic carbocycles. The minimum absolute atomic E-state index is 0.0550. The molecule has 154 valence electrons. The standard InChI is InChI=1S/C25H32N2O2/c1-25(2,23(28)26(3)19-22-12-8-5-9-13-22)24(29)27-16-14-21(15-17-27)18-20-10-6-4-7-11-20/h4-13,21H,14-19H2,1-3H3. The zero-order valence-corrected chi connectivity index (χ0v) is 17.8. The van der Waals surface area contributed by atoms with Gasteiger partial charge >= 0.3 is 0 Å². The Kier molecular flexibility index (Phi) is 6.73. The maximum Gasteiger partial charge on any atom is 0.237 e. The van der Waals surface area contributed by atoms with Crippen molar-refractivity contribution in [1.82, 2.24) is 9.80 Å². The Morgan fingerprint density at radius 1 is 0.931 bits per heavy atom. The minimum Gasteiger partial charge on any atom is -0.342 e. The Morgan fingerprint density at radius 3 is 2.00 bits per heavy atom. The molecule has 1 aliphatic heterocycles. The fraction of sp³-hybridized carbons (Fsp3) is 0.440. The molecule has 0 bridgehead atoms. The number of hydrogen-bond acceptors (Lipinski definition) is 2. The third kappa shape index (κ3) is 5.26. The first-order valence-electron chi connectivity index (χ1n) is 10.5. The normalized spacial score (nSPS) is 15.2. The minimum atomic E-state index is -1.05. The summed E-state index contributed by atoms with van der Waals surface area (Å²) >= 11 is 0. The van der Waals surface area contributed by atoms with Crippen LogP contribution in [0.25, 0.3) is 0 Å². The summed E-state index contributed by atoms with van der Waals surface area (Å²) in [4.78, 5) is 29.7. The summed E-state index contributed by atoms with van der Waals surface area (Å²) < 4.78 is 0. The van der Waals surface area contributed by atoms with E-state index in [1.807, 2.05) is 41.3 Å². The first-order valence-corrected chi connectivity index (χ1v) is 10.5. The molecule has 1 heterocycles. The molecular formula is C25H32N2O2. The average Bonchev–Trinajstić information content (AvgIpc) is 2.74. The quantitative estimate of drug-likeness (QED) is 0.693. The Balaban J connectivity index is 1.55. The number of nitrogens with zero attached hydrogens (tertiary/aromatic N) is 2. The second kappa shape index (κ2) is 9.25. The average molecular weight is 393 g/mol. The van der Waals surface area contributed by atoms with Crippen LogP contribution in [0.5, 0.6) is 0 Å². The number of piperidine rings is 1. The van der Waals surface area contributed by atoms with Crippen molar-refractivity contribution < 1.29 is 9.59 Å². The van der Waals surface area contributed by atoms with Crippen molar-refractivity contribution in [3.05, 3.63) is 71.8 Å². The molecule has 2 amide bonds. The highest BCUT2D eigenvalue weighted by Gasteiger charge is 2.41. The number of rotatable bonds is 6. The molecule has 0 saturated carbocycles. The Hall–Kier alpha value is -2.62. The third-order valence-corrected chi connectivity index (χ3v) is 5.95. The van der Waals surface area contributed by atoms with Crippen LogP contribution in [0.1, 0.15) is 37.8 Å². The lowest BCUT2D eigenvalue weighted by Gasteiger charge is -2.37. The second-order valence-electron chi connectivity index (χ2n) is 8.70. The Morgan fingerprint density at radius 2 is 1.45 bits per heavy atom. The van der Waals surface area contributed by atoms with Crippen LogP contribution in [0.2, 0.25) is 0 Å². The monoisotopic (exact) mass is 392 g/mol. The van der Waals surface area contributed by atoms with Gasteiger partial charge in [-0.15, -0.1) is 0 Å². The molecule has 0 aromatic heterocycles. The van der Waals surface area contributed by atoms with Crippen LogP contribution < -0.4 is 0 Å². The predicted molar refractivity (Wildman–Crippen MR) is 116 cm³/mol. The summed E-state index contributed by atoms with van der Waals surface area (Å²) in [5, 5.41) is 0. The lowest BCUT2D eigenvalue weighted by Crippen LogP contribution is -2.51. The first-order chi connectivity index (χ1) is 13.9. The van der Waals surface area contributed by atoms with Crippen molar-refractivity contribution in [2.45, 2.75) is 39.7 Å². The van der Waals surface area contributed by atoms with E-state index in [1.165, 1.54) is 5.56 Å². The molecule has 0 unspecified atom stereocenters. The van der Waals surface area contributed by atoms with E-state index in [1.54, 1.807) is 25.8 Å². The summed E-state index contributed by atoms with van der Waals surface area (Å²) in [5.41, 5.74) is 1.37. The summed E-state index contributed by atoms with van der Waals surface area (Å²) in [6.07, 6.45) is 3.04. The highest BCUT2D eigenvalue weighted by molar-refractivity contribution is 6.04. The van der Waals surface area contributed by atoms with Gasteiger partial charge in [0.25, 0.3) is 0 Å². The summed E-state index contributed by atoms with van der Waals surface area (Å²) in [6.45, 7) is 5.49. The van der Waals surface area contributed by atoms with E-state index in [2.05, 4.69) is 24.3 Å². The number of carbonyl (C=O) groups excluding carboxylic acids is 2. The smallest absolute Gasteiger partial charge is 0.237 e. The van der Waals surface area contributed by atoms with Crippen molar-refractivity contribution in [2.24, 2.45) is 11.3 Å². The van der Waals surface area contributed by atoms with Gasteiger partial charge in [0.05, 0.1) is 0 Å². The van der Waals surface area contributed by atoms with Crippen LogP contribution in [0.15, 0.2) is 60.7 Å². The lowest BCUT2D eigenvalue weighted by molar-refractivity contribution is -0.154. The predicted octanol–water partition coefficient (Wildman–Crippen LogP) is 4.15. The topological polar surface area (TPSA) is 40.6 Å². The van der Waals surface area contributed by atoms with Crippen molar-refractivity contribution in [3.63, 3.8) is 0 Å². The van der Waals surface area contributed by atoms with Gasteiger partial charge in [-0.05, 0) is 50.2 Å². The zero-order valence-electron chi connectivity index (χ0n) is 17.8. The van der Waals surface area contributed by atoms with E-state index in [-0.39, 0.29) is 11.8 Å². The maximum absolute atomic E-state index is 13.2. The van der Waals surface area contributed by atoms with Gasteiger partial charge in [-0.25, -0.2) is 0 Å². The number of hydrogen-bond donors (Lipinski definition) is 0. The SMILES string of the molecule is CN(Cc1ccccc1)C(=O)C(C)(C)C(=O)N1CCC(Cc2ccccc2)CC1. The fourth-order valence-electron chi connectivity index (χ4n) is 4.18. The number of benzene rings is 2. The Labute approximate surface area is 174 Å². The van der Waals surface area contributed by atoms with Crippen LogP contribution >= 0.6 is 0 Å². The summed E-state index contributed by atoms with van der Waals surface area (Å²) in [5.74, 6) is 0.416. The van der Waals surface area contributed by atoms with Gasteiger partial charge in [-0.2, -0.15) is 0 Å². The third-order valence-electron chi connectivity index (χ3n) is 5.95. The van der Waals surface area contributed by atoms with Gasteiger partial charge < -0.3 is 9.80 Å². The molecule has 3 rings (SSSR count). The summed E-state index contributed by atoms with van der Waals surface area (Å²) in [7, 11) is 1.77. The van der Waals surface area contributed by atoms with Crippen LogP contribution in [-0.4, -0.2) is 41.8 Å². The van der Waals surface area contributed by atoms with E-state index in [0.717, 1.165) is 37.9 Å². The molecule has 1 saturated heterocycles. The zero-order chi connectivity index (χ0) is 20.9. The number of amides is 2. The maximum atomic E-state index is 13.2. The van der Waals surface area contributed by atoms with E-state index in [4.69, 9.17) is 0 Å². The van der Waals surface area contributed by atoms with E-state index in [9.17, 15) is 9.59 Å². The van der Waals surface area contributed by atoms with Gasteiger partial charge in [0, 0.05) is 26.7 Å². The summed E-state index contributed by atoms with van der Waals surface area (Å²) in [6, 6.07) is 20.4. The molecule has 0 atom stereocenters. The molecule has 1 fully saturated rings. The van der Waals surface area contributed by atoms with Gasteiger partial charge in [0.15, 0.2) is 0 Å². The van der Waals surface area contributed by atoms with Crippen LogP contribution in [-0.2, 0) is 22.6 Å². The molecule has 4 nitrogen and oxygen atoms in total. The largest absolute Gasteiger partial charge is 0.342 e. The van der Waals surface area contributed by atoms with Crippen molar-refractivity contribution in [3.8, 4) is 0 Å². The van der Waals surface area contributed by atoms with E-state index >= 15 is 0 Å². The van der Waals surface area contributed by atoms with Crippen molar-refractivity contribution >= 4 is 11.8 Å². The molecule has 1 aliphatic rings. The highest BCUT2D eigenvalue weighted by Crippen LogP contribution is 2.28.